The molecule has 0 amide bonds. The third-order valence-corrected chi connectivity index (χ3v) is 5.39. The van der Waals surface area contributed by atoms with Crippen molar-refractivity contribution in [1.29, 1.82) is 0 Å². The number of nitrogens with one attached hydrogen (secondary N) is 1. The van der Waals surface area contributed by atoms with Gasteiger partial charge in [0.1, 0.15) is 5.82 Å². The molecule has 0 atom stereocenters. The molecule has 22 heavy (non-hydrogen) atoms. The second kappa shape index (κ2) is 6.87. The molecule has 0 saturated carbocycles. The van der Waals surface area contributed by atoms with E-state index in [1.165, 1.54) is 13.0 Å². The number of halogens is 1. The fourth-order valence-electron chi connectivity index (χ4n) is 2.70. The van der Waals surface area contributed by atoms with Crippen LogP contribution in [0, 0.1) is 5.82 Å². The monoisotopic (exact) mass is 326 g/mol. The molecule has 1 saturated heterocycles. The molecule has 1 N–H and O–H groups in total. The van der Waals surface area contributed by atoms with Crippen molar-refractivity contribution in [3.05, 3.63) is 29.6 Å². The fraction of sp³-hybridized carbons (Fsp3) is 0.562. The molecule has 2 rings (SSSR count). The summed E-state index contributed by atoms with van der Waals surface area (Å²) < 4.78 is 25.3. The second-order valence-corrected chi connectivity index (χ2v) is 7.92. The summed E-state index contributed by atoms with van der Waals surface area (Å²) in [6.45, 7) is 7.74. The van der Waals surface area contributed by atoms with Gasteiger partial charge < -0.3 is 5.32 Å². The van der Waals surface area contributed by atoms with Gasteiger partial charge in [-0.05, 0) is 32.9 Å². The van der Waals surface area contributed by atoms with Crippen LogP contribution in [0.4, 0.5) is 10.1 Å². The van der Waals surface area contributed by atoms with Crippen molar-refractivity contribution in [1.82, 2.24) is 4.90 Å². The lowest BCUT2D eigenvalue weighted by atomic mass is 10.0. The summed E-state index contributed by atoms with van der Waals surface area (Å²) >= 11 is 0. The van der Waals surface area contributed by atoms with Crippen LogP contribution in [0.2, 0.25) is 0 Å². The molecule has 1 aliphatic rings. The summed E-state index contributed by atoms with van der Waals surface area (Å²) in [6, 6.07) is 4.62. The van der Waals surface area contributed by atoms with Crippen LogP contribution in [0.1, 0.15) is 31.1 Å². The maximum Gasteiger partial charge on any atom is 0.164 e. The van der Waals surface area contributed by atoms with E-state index in [4.69, 9.17) is 0 Å². The van der Waals surface area contributed by atoms with Crippen molar-refractivity contribution in [3.63, 3.8) is 0 Å². The van der Waals surface area contributed by atoms with Gasteiger partial charge in [0, 0.05) is 53.2 Å². The predicted molar refractivity (Wildman–Crippen MR) is 88.4 cm³/mol. The standard InChI is InChI=1S/C16H23FN2O2S/c1-12(20)15-13(17)5-4-6-14(15)18-11-16(2,3)19-7-9-22(21)10-8-19/h4-6,18H,7-11H2,1-3H3. The molecular formula is C16H23FN2O2S. The third-order valence-electron chi connectivity index (χ3n) is 4.11. The van der Waals surface area contributed by atoms with Gasteiger partial charge in [0.25, 0.3) is 0 Å². The summed E-state index contributed by atoms with van der Waals surface area (Å²) in [7, 11) is -0.705. The van der Waals surface area contributed by atoms with E-state index in [9.17, 15) is 13.4 Å². The Morgan fingerprint density at radius 1 is 1.36 bits per heavy atom. The molecule has 1 heterocycles. The van der Waals surface area contributed by atoms with Gasteiger partial charge in [-0.2, -0.15) is 0 Å². The van der Waals surface area contributed by atoms with Gasteiger partial charge in [0.2, 0.25) is 0 Å². The highest BCUT2D eigenvalue weighted by molar-refractivity contribution is 7.85. The minimum atomic E-state index is -0.705. The van der Waals surface area contributed by atoms with Gasteiger partial charge in [-0.3, -0.25) is 13.9 Å². The normalized spacial score (nSPS) is 17.5. The van der Waals surface area contributed by atoms with Gasteiger partial charge in [0.05, 0.1) is 5.56 Å². The Hall–Kier alpha value is -1.27. The first-order valence-electron chi connectivity index (χ1n) is 7.44. The minimum Gasteiger partial charge on any atom is -0.383 e. The molecule has 1 aromatic rings. The Balaban J connectivity index is 2.07. The van der Waals surface area contributed by atoms with Crippen molar-refractivity contribution in [3.8, 4) is 0 Å². The first-order chi connectivity index (χ1) is 10.3. The van der Waals surface area contributed by atoms with Crippen LogP contribution in [-0.2, 0) is 10.8 Å². The Labute approximate surface area is 133 Å². The highest BCUT2D eigenvalue weighted by Crippen LogP contribution is 2.22. The number of hydrogen-bond donors (Lipinski definition) is 1. The quantitative estimate of drug-likeness (QED) is 0.844. The van der Waals surface area contributed by atoms with E-state index in [-0.39, 0.29) is 16.9 Å². The summed E-state index contributed by atoms with van der Waals surface area (Å²) in [5.41, 5.74) is 0.476. The molecule has 0 radical (unpaired) electrons. The summed E-state index contributed by atoms with van der Waals surface area (Å²) in [5.74, 6) is 0.611. The lowest BCUT2D eigenvalue weighted by Gasteiger charge is -2.41. The highest BCUT2D eigenvalue weighted by atomic mass is 32.2. The third kappa shape index (κ3) is 3.93. The average Bonchev–Trinajstić information content (AvgIpc) is 2.45. The summed E-state index contributed by atoms with van der Waals surface area (Å²) in [5, 5.41) is 3.21. The molecule has 4 nitrogen and oxygen atoms in total. The minimum absolute atomic E-state index is 0.109. The lowest BCUT2D eigenvalue weighted by Crippen LogP contribution is -2.53. The van der Waals surface area contributed by atoms with Gasteiger partial charge >= 0.3 is 0 Å². The van der Waals surface area contributed by atoms with Crippen molar-refractivity contribution in [2.75, 3.05) is 36.5 Å². The molecule has 1 aliphatic heterocycles. The number of carbonyl (C=O) groups excluding carboxylic acids is 1. The Bertz CT molecular complexity index is 580. The molecule has 1 fully saturated rings. The summed E-state index contributed by atoms with van der Waals surface area (Å²) in [4.78, 5) is 13.9. The highest BCUT2D eigenvalue weighted by Gasteiger charge is 2.29. The largest absolute Gasteiger partial charge is 0.383 e. The number of hydrogen-bond acceptors (Lipinski definition) is 4. The van der Waals surface area contributed by atoms with E-state index in [2.05, 4.69) is 24.1 Å². The average molecular weight is 326 g/mol. The molecule has 0 aliphatic carbocycles. The number of anilines is 1. The van der Waals surface area contributed by atoms with E-state index in [1.54, 1.807) is 12.1 Å². The molecule has 122 valence electrons. The first kappa shape index (κ1) is 17.1. The van der Waals surface area contributed by atoms with Crippen LogP contribution in [0.15, 0.2) is 18.2 Å². The van der Waals surface area contributed by atoms with Crippen LogP contribution in [0.3, 0.4) is 0 Å². The van der Waals surface area contributed by atoms with Crippen LogP contribution < -0.4 is 5.32 Å². The van der Waals surface area contributed by atoms with Gasteiger partial charge in [-0.15, -0.1) is 0 Å². The summed E-state index contributed by atoms with van der Waals surface area (Å²) in [6.07, 6.45) is 0. The fourth-order valence-corrected chi connectivity index (χ4v) is 3.75. The van der Waals surface area contributed by atoms with E-state index in [0.717, 1.165) is 13.1 Å². The molecule has 6 heteroatoms. The van der Waals surface area contributed by atoms with Crippen LogP contribution in [0.25, 0.3) is 0 Å². The van der Waals surface area contributed by atoms with Gasteiger partial charge in [-0.25, -0.2) is 4.39 Å². The smallest absolute Gasteiger partial charge is 0.164 e. The molecule has 0 aromatic heterocycles. The number of nitrogens with zero attached hydrogens (tertiary/aromatic N) is 1. The number of rotatable bonds is 5. The van der Waals surface area contributed by atoms with Crippen LogP contribution in [-0.4, -0.2) is 51.6 Å². The topological polar surface area (TPSA) is 49.4 Å². The van der Waals surface area contributed by atoms with Gasteiger partial charge in [0.15, 0.2) is 5.78 Å². The number of benzene rings is 1. The van der Waals surface area contributed by atoms with Gasteiger partial charge in [-0.1, -0.05) is 6.07 Å². The zero-order valence-corrected chi connectivity index (χ0v) is 14.1. The van der Waals surface area contributed by atoms with E-state index < -0.39 is 16.6 Å². The van der Waals surface area contributed by atoms with E-state index in [1.807, 2.05) is 0 Å². The van der Waals surface area contributed by atoms with E-state index in [0.29, 0.717) is 23.7 Å². The second-order valence-electron chi connectivity index (χ2n) is 6.22. The van der Waals surface area contributed by atoms with Crippen molar-refractivity contribution >= 4 is 22.3 Å². The Morgan fingerprint density at radius 3 is 2.59 bits per heavy atom. The number of Topliss-reactive ketones (excluding diaryl/α,β-unsaturated/α-hetero) is 1. The number of ketones is 1. The number of carbonyl (C=O) groups is 1. The first-order valence-corrected chi connectivity index (χ1v) is 8.93. The maximum atomic E-state index is 13.8. The molecule has 0 spiro atoms. The maximum absolute atomic E-state index is 13.8. The van der Waals surface area contributed by atoms with Crippen LogP contribution >= 0.6 is 0 Å². The van der Waals surface area contributed by atoms with Crippen molar-refractivity contribution in [2.45, 2.75) is 26.3 Å². The Morgan fingerprint density at radius 2 is 2.00 bits per heavy atom. The molecular weight excluding hydrogens is 303 g/mol. The zero-order chi connectivity index (χ0) is 16.3. The SMILES string of the molecule is CC(=O)c1c(F)cccc1NCC(C)(C)N1CCS(=O)CC1. The lowest BCUT2D eigenvalue weighted by molar-refractivity contribution is 0.101. The van der Waals surface area contributed by atoms with E-state index >= 15 is 0 Å². The molecule has 0 bridgehead atoms. The van der Waals surface area contributed by atoms with Crippen LogP contribution in [0.5, 0.6) is 0 Å². The zero-order valence-electron chi connectivity index (χ0n) is 13.3. The molecule has 0 unspecified atom stereocenters. The van der Waals surface area contributed by atoms with Crippen molar-refractivity contribution in [2.24, 2.45) is 0 Å². The Kier molecular flexibility index (Phi) is 5.34. The molecule has 1 aromatic carbocycles. The predicted octanol–water partition coefficient (Wildman–Crippen LogP) is 2.28. The van der Waals surface area contributed by atoms with Crippen molar-refractivity contribution < 1.29 is 13.4 Å².